The summed E-state index contributed by atoms with van der Waals surface area (Å²) in [4.78, 5) is 14.7. The number of thiophene rings is 1. The molecule has 0 spiro atoms. The van der Waals surface area contributed by atoms with Crippen molar-refractivity contribution in [3.05, 3.63) is 46.7 Å². The summed E-state index contributed by atoms with van der Waals surface area (Å²) in [5.74, 6) is 0.162. The highest BCUT2D eigenvalue weighted by Gasteiger charge is 2.19. The van der Waals surface area contributed by atoms with Crippen LogP contribution in [0.25, 0.3) is 11.0 Å². The molecule has 5 nitrogen and oxygen atoms in total. The van der Waals surface area contributed by atoms with Crippen LogP contribution in [0.15, 0.2) is 41.1 Å². The molecule has 0 aliphatic rings. The van der Waals surface area contributed by atoms with E-state index in [9.17, 15) is 4.79 Å². The average molecular weight is 342 g/mol. The first kappa shape index (κ1) is 16.6. The number of aromatic nitrogens is 3. The van der Waals surface area contributed by atoms with E-state index in [0.29, 0.717) is 19.5 Å². The second kappa shape index (κ2) is 7.57. The highest BCUT2D eigenvalue weighted by molar-refractivity contribution is 7.07. The monoisotopic (exact) mass is 342 g/mol. The Bertz CT molecular complexity index is 796. The normalized spacial score (nSPS) is 12.4. The smallest absolute Gasteiger partial charge is 0.224 e. The summed E-state index contributed by atoms with van der Waals surface area (Å²) in [5, 5.41) is 12.5. The number of fused-ring (bicyclic) bond motifs is 1. The highest BCUT2D eigenvalue weighted by Crippen LogP contribution is 2.16. The van der Waals surface area contributed by atoms with E-state index < -0.39 is 0 Å². The number of hydrogen-bond acceptors (Lipinski definition) is 4. The van der Waals surface area contributed by atoms with Gasteiger partial charge in [0.25, 0.3) is 0 Å². The van der Waals surface area contributed by atoms with E-state index >= 15 is 0 Å². The fourth-order valence-corrected chi connectivity index (χ4v) is 3.38. The van der Waals surface area contributed by atoms with Crippen LogP contribution in [0, 0.1) is 0 Å². The molecule has 2 aromatic heterocycles. The molecule has 0 saturated heterocycles. The molecule has 24 heavy (non-hydrogen) atoms. The summed E-state index contributed by atoms with van der Waals surface area (Å²) >= 11 is 1.67. The molecule has 2 heterocycles. The summed E-state index contributed by atoms with van der Waals surface area (Å²) in [6.45, 7) is 5.45. The van der Waals surface area contributed by atoms with E-state index in [0.717, 1.165) is 17.5 Å². The predicted octanol–water partition coefficient (Wildman–Crippen LogP) is 3.71. The topological polar surface area (TPSA) is 51.0 Å². The van der Waals surface area contributed by atoms with E-state index in [1.807, 2.05) is 33.8 Å². The van der Waals surface area contributed by atoms with Gasteiger partial charge < -0.3 is 4.90 Å². The van der Waals surface area contributed by atoms with E-state index in [-0.39, 0.29) is 11.9 Å². The molecular weight excluding hydrogens is 320 g/mol. The van der Waals surface area contributed by atoms with Crippen LogP contribution in [0.1, 0.15) is 32.3 Å². The van der Waals surface area contributed by atoms with Gasteiger partial charge in [-0.3, -0.25) is 4.79 Å². The number of benzene rings is 1. The van der Waals surface area contributed by atoms with Crippen LogP contribution in [0.4, 0.5) is 0 Å². The lowest BCUT2D eigenvalue weighted by atomic mass is 10.1. The molecule has 1 atom stereocenters. The van der Waals surface area contributed by atoms with Gasteiger partial charge in [0, 0.05) is 19.0 Å². The van der Waals surface area contributed by atoms with Crippen LogP contribution in [0.3, 0.4) is 0 Å². The van der Waals surface area contributed by atoms with Crippen molar-refractivity contribution in [1.29, 1.82) is 0 Å². The van der Waals surface area contributed by atoms with Crippen molar-refractivity contribution >= 4 is 28.3 Å². The average Bonchev–Trinajstić information content (AvgIpc) is 3.26. The number of nitrogens with zero attached hydrogens (tertiary/aromatic N) is 4. The highest BCUT2D eigenvalue weighted by atomic mass is 32.1. The van der Waals surface area contributed by atoms with Crippen LogP contribution in [0.2, 0.25) is 0 Å². The largest absolute Gasteiger partial charge is 0.336 e. The summed E-state index contributed by atoms with van der Waals surface area (Å²) < 4.78 is 1.81. The van der Waals surface area contributed by atoms with Gasteiger partial charge >= 0.3 is 0 Å². The number of rotatable bonds is 7. The van der Waals surface area contributed by atoms with Gasteiger partial charge in [-0.25, -0.2) is 4.68 Å². The minimum absolute atomic E-state index is 0.162. The van der Waals surface area contributed by atoms with Crippen molar-refractivity contribution in [1.82, 2.24) is 19.9 Å². The standard InChI is InChI=1S/C18H22N4OS/c1-3-14(2)21(12-15-9-11-24-13-15)18(23)8-10-22-17-7-5-4-6-16(17)19-20-22/h4-7,9,11,13-14H,3,8,10,12H2,1-2H3/t14-/m0/s1. The van der Waals surface area contributed by atoms with Gasteiger partial charge in [0.2, 0.25) is 5.91 Å². The number of aryl methyl sites for hydroxylation is 1. The van der Waals surface area contributed by atoms with Crippen molar-refractivity contribution in [3.63, 3.8) is 0 Å². The molecule has 0 N–H and O–H groups in total. The van der Waals surface area contributed by atoms with Crippen LogP contribution < -0.4 is 0 Å². The van der Waals surface area contributed by atoms with Crippen molar-refractivity contribution in [2.75, 3.05) is 0 Å². The van der Waals surface area contributed by atoms with Gasteiger partial charge in [-0.1, -0.05) is 24.3 Å². The number of amides is 1. The van der Waals surface area contributed by atoms with Crippen molar-refractivity contribution in [2.24, 2.45) is 0 Å². The number of carbonyl (C=O) groups is 1. The number of para-hydroxylation sites is 1. The van der Waals surface area contributed by atoms with Gasteiger partial charge in [0.15, 0.2) is 0 Å². The molecule has 0 saturated carbocycles. The Kier molecular flexibility index (Phi) is 5.25. The molecule has 6 heteroatoms. The third kappa shape index (κ3) is 3.64. The van der Waals surface area contributed by atoms with E-state index in [2.05, 4.69) is 41.0 Å². The maximum atomic E-state index is 12.8. The zero-order valence-corrected chi connectivity index (χ0v) is 14.9. The molecule has 0 aliphatic heterocycles. The molecular formula is C18H22N4OS. The Hall–Kier alpha value is -2.21. The van der Waals surface area contributed by atoms with Gasteiger partial charge in [0.05, 0.1) is 12.1 Å². The van der Waals surface area contributed by atoms with Crippen LogP contribution in [-0.4, -0.2) is 31.8 Å². The third-order valence-corrected chi connectivity index (χ3v) is 5.07. The summed E-state index contributed by atoms with van der Waals surface area (Å²) in [7, 11) is 0. The zero-order valence-electron chi connectivity index (χ0n) is 14.1. The first-order chi connectivity index (χ1) is 11.7. The lowest BCUT2D eigenvalue weighted by Gasteiger charge is -2.28. The van der Waals surface area contributed by atoms with Gasteiger partial charge in [0.1, 0.15) is 5.52 Å². The molecule has 3 rings (SSSR count). The molecule has 126 valence electrons. The molecule has 1 aromatic carbocycles. The fourth-order valence-electron chi connectivity index (χ4n) is 2.72. The first-order valence-corrected chi connectivity index (χ1v) is 9.22. The lowest BCUT2D eigenvalue weighted by molar-refractivity contribution is -0.134. The second-order valence-electron chi connectivity index (χ2n) is 5.96. The SMILES string of the molecule is CC[C@H](C)N(Cc1ccsc1)C(=O)CCn1nnc2ccccc21. The summed E-state index contributed by atoms with van der Waals surface area (Å²) in [5.41, 5.74) is 3.03. The van der Waals surface area contributed by atoms with Crippen LogP contribution in [0.5, 0.6) is 0 Å². The minimum atomic E-state index is 0.162. The Morgan fingerprint density at radius 1 is 1.33 bits per heavy atom. The molecule has 1 amide bonds. The third-order valence-electron chi connectivity index (χ3n) is 4.33. The summed E-state index contributed by atoms with van der Waals surface area (Å²) in [6, 6.07) is 10.1. The second-order valence-corrected chi connectivity index (χ2v) is 6.74. The van der Waals surface area contributed by atoms with Gasteiger partial charge in [-0.2, -0.15) is 11.3 Å². The zero-order chi connectivity index (χ0) is 16.9. The quantitative estimate of drug-likeness (QED) is 0.658. The minimum Gasteiger partial charge on any atom is -0.336 e. The van der Waals surface area contributed by atoms with Crippen molar-refractivity contribution in [3.8, 4) is 0 Å². The molecule has 0 bridgehead atoms. The number of carbonyl (C=O) groups excluding carboxylic acids is 1. The Morgan fingerprint density at radius 3 is 2.92 bits per heavy atom. The van der Waals surface area contributed by atoms with Gasteiger partial charge in [-0.05, 0) is 47.9 Å². The Morgan fingerprint density at radius 2 is 2.17 bits per heavy atom. The lowest BCUT2D eigenvalue weighted by Crippen LogP contribution is -2.38. The van der Waals surface area contributed by atoms with E-state index in [1.54, 1.807) is 11.3 Å². The molecule has 3 aromatic rings. The van der Waals surface area contributed by atoms with E-state index in [1.165, 1.54) is 5.56 Å². The van der Waals surface area contributed by atoms with Crippen LogP contribution in [-0.2, 0) is 17.9 Å². The predicted molar refractivity (Wildman–Crippen MR) is 96.8 cm³/mol. The number of hydrogen-bond donors (Lipinski definition) is 0. The summed E-state index contributed by atoms with van der Waals surface area (Å²) in [6.07, 6.45) is 1.38. The fraction of sp³-hybridized carbons (Fsp3) is 0.389. The van der Waals surface area contributed by atoms with Crippen molar-refractivity contribution < 1.29 is 4.79 Å². The molecule has 0 fully saturated rings. The molecule has 0 radical (unpaired) electrons. The van der Waals surface area contributed by atoms with Crippen LogP contribution >= 0.6 is 11.3 Å². The van der Waals surface area contributed by atoms with Crippen molar-refractivity contribution in [2.45, 2.75) is 45.8 Å². The first-order valence-electron chi connectivity index (χ1n) is 8.27. The Labute approximate surface area is 145 Å². The van der Waals surface area contributed by atoms with Gasteiger partial charge in [-0.15, -0.1) is 5.10 Å². The molecule has 0 aliphatic carbocycles. The van der Waals surface area contributed by atoms with E-state index in [4.69, 9.17) is 0 Å². The maximum Gasteiger partial charge on any atom is 0.224 e. The molecule has 0 unspecified atom stereocenters. The Balaban J connectivity index is 1.68. The maximum absolute atomic E-state index is 12.8.